The second kappa shape index (κ2) is 6.70. The van der Waals surface area contributed by atoms with E-state index in [-0.39, 0.29) is 12.4 Å². The Kier molecular flexibility index (Phi) is 5.45. The lowest BCUT2D eigenvalue weighted by Crippen LogP contribution is -2.26. The third-order valence-electron chi connectivity index (χ3n) is 3.04. The Hall–Kier alpha value is 0.0900. The fourth-order valence-electron chi connectivity index (χ4n) is 2.07. The largest absolute Gasteiger partial charge is 0.317 e. The third kappa shape index (κ3) is 3.23. The molecule has 0 aliphatic carbocycles. The molecule has 2 aromatic heterocycles. The van der Waals surface area contributed by atoms with Gasteiger partial charge in [0.25, 0.3) is 0 Å². The second-order valence-electron chi connectivity index (χ2n) is 4.21. The molecular formula is C11H12Cl3N3S2. The molecule has 8 heteroatoms. The summed E-state index contributed by atoms with van der Waals surface area (Å²) in [4.78, 5) is 5.57. The van der Waals surface area contributed by atoms with Gasteiger partial charge in [-0.05, 0) is 37.5 Å². The van der Waals surface area contributed by atoms with E-state index in [4.69, 9.17) is 28.2 Å². The summed E-state index contributed by atoms with van der Waals surface area (Å²) in [5, 5.41) is 7.50. The van der Waals surface area contributed by atoms with Crippen LogP contribution in [0.2, 0.25) is 10.2 Å². The molecule has 1 aliphatic rings. The van der Waals surface area contributed by atoms with Gasteiger partial charge in [0.2, 0.25) is 0 Å². The van der Waals surface area contributed by atoms with Crippen LogP contribution >= 0.6 is 58.5 Å². The molecule has 0 atom stereocenters. The number of halogens is 3. The van der Waals surface area contributed by atoms with E-state index < -0.39 is 0 Å². The van der Waals surface area contributed by atoms with E-state index in [1.165, 1.54) is 16.5 Å². The van der Waals surface area contributed by atoms with Crippen LogP contribution in [0.1, 0.15) is 23.8 Å². The minimum absolute atomic E-state index is 0. The van der Waals surface area contributed by atoms with Gasteiger partial charge in [-0.1, -0.05) is 23.2 Å². The smallest absolute Gasteiger partial charge is 0.162 e. The third-order valence-corrected chi connectivity index (χ3v) is 5.87. The molecule has 104 valence electrons. The van der Waals surface area contributed by atoms with Gasteiger partial charge in [0.05, 0.1) is 20.6 Å². The molecule has 0 unspecified atom stereocenters. The number of piperidine rings is 1. The van der Waals surface area contributed by atoms with Gasteiger partial charge < -0.3 is 5.32 Å². The Morgan fingerprint density at radius 3 is 2.63 bits per heavy atom. The van der Waals surface area contributed by atoms with E-state index >= 15 is 0 Å². The van der Waals surface area contributed by atoms with E-state index in [2.05, 4.69) is 9.69 Å². The monoisotopic (exact) mass is 355 g/mol. The molecule has 3 rings (SSSR count). The number of hydrogen-bond donors (Lipinski definition) is 1. The van der Waals surface area contributed by atoms with Crippen molar-refractivity contribution in [1.82, 2.24) is 14.7 Å². The molecule has 1 N–H and O–H groups in total. The minimum atomic E-state index is 0. The Morgan fingerprint density at radius 1 is 1.26 bits per heavy atom. The van der Waals surface area contributed by atoms with Crippen LogP contribution in [-0.2, 0) is 0 Å². The van der Waals surface area contributed by atoms with Crippen molar-refractivity contribution in [2.45, 2.75) is 18.8 Å². The van der Waals surface area contributed by atoms with Crippen LogP contribution in [0.15, 0.2) is 5.38 Å². The highest BCUT2D eigenvalue weighted by Crippen LogP contribution is 2.39. The summed E-state index contributed by atoms with van der Waals surface area (Å²) in [6, 6.07) is 0. The average Bonchev–Trinajstić information content (AvgIpc) is 3.00. The molecule has 0 radical (unpaired) electrons. The number of rotatable bonds is 2. The SMILES string of the molecule is Cl.Clc1nsc(-c2csc(C3CCNCC3)n2)c1Cl. The Bertz CT molecular complexity index is 549. The van der Waals surface area contributed by atoms with Crippen molar-refractivity contribution in [3.63, 3.8) is 0 Å². The fourth-order valence-corrected chi connectivity index (χ4v) is 4.31. The van der Waals surface area contributed by atoms with Gasteiger partial charge >= 0.3 is 0 Å². The van der Waals surface area contributed by atoms with Crippen molar-refractivity contribution in [2.75, 3.05) is 13.1 Å². The first-order valence-electron chi connectivity index (χ1n) is 5.73. The van der Waals surface area contributed by atoms with E-state index in [9.17, 15) is 0 Å². The normalized spacial score (nSPS) is 16.3. The zero-order chi connectivity index (χ0) is 12.5. The van der Waals surface area contributed by atoms with Crippen molar-refractivity contribution in [3.05, 3.63) is 20.6 Å². The standard InChI is InChI=1S/C11H11Cl2N3S2.ClH/c12-8-9(18-16-10(8)13)7-5-17-11(15-7)6-1-3-14-4-2-6;/h5-6,14H,1-4H2;1H. The Balaban J connectivity index is 0.00000133. The molecular weight excluding hydrogens is 345 g/mol. The average molecular weight is 357 g/mol. The highest BCUT2D eigenvalue weighted by Gasteiger charge is 2.20. The van der Waals surface area contributed by atoms with Crippen molar-refractivity contribution in [1.29, 1.82) is 0 Å². The van der Waals surface area contributed by atoms with Crippen LogP contribution in [0.3, 0.4) is 0 Å². The van der Waals surface area contributed by atoms with Crippen LogP contribution in [0.25, 0.3) is 10.6 Å². The van der Waals surface area contributed by atoms with Gasteiger partial charge in [-0.2, -0.15) is 4.37 Å². The summed E-state index contributed by atoms with van der Waals surface area (Å²) >= 11 is 15.0. The maximum Gasteiger partial charge on any atom is 0.162 e. The first kappa shape index (κ1) is 15.5. The number of aromatic nitrogens is 2. The summed E-state index contributed by atoms with van der Waals surface area (Å²) in [5.41, 5.74) is 0.905. The highest BCUT2D eigenvalue weighted by molar-refractivity contribution is 7.12. The van der Waals surface area contributed by atoms with Gasteiger partial charge in [-0.25, -0.2) is 4.98 Å². The second-order valence-corrected chi connectivity index (χ2v) is 6.61. The van der Waals surface area contributed by atoms with Gasteiger partial charge in [-0.3, -0.25) is 0 Å². The maximum atomic E-state index is 6.11. The van der Waals surface area contributed by atoms with Crippen LogP contribution in [0.4, 0.5) is 0 Å². The molecule has 1 fully saturated rings. The number of thiazole rings is 1. The van der Waals surface area contributed by atoms with Gasteiger partial charge in [0, 0.05) is 11.3 Å². The van der Waals surface area contributed by atoms with Gasteiger partial charge in [-0.15, -0.1) is 23.7 Å². The zero-order valence-electron chi connectivity index (χ0n) is 9.86. The topological polar surface area (TPSA) is 37.8 Å². The number of hydrogen-bond acceptors (Lipinski definition) is 5. The molecule has 19 heavy (non-hydrogen) atoms. The fraction of sp³-hybridized carbons (Fsp3) is 0.455. The molecule has 3 heterocycles. The molecule has 2 aromatic rings. The number of nitrogens with zero attached hydrogens (tertiary/aromatic N) is 2. The van der Waals surface area contributed by atoms with Gasteiger partial charge in [0.1, 0.15) is 0 Å². The lowest BCUT2D eigenvalue weighted by Gasteiger charge is -2.20. The molecule has 0 bridgehead atoms. The molecule has 3 nitrogen and oxygen atoms in total. The van der Waals surface area contributed by atoms with E-state index in [0.717, 1.165) is 36.5 Å². The molecule has 1 saturated heterocycles. The van der Waals surface area contributed by atoms with Crippen molar-refractivity contribution >= 4 is 58.5 Å². The van der Waals surface area contributed by atoms with Crippen molar-refractivity contribution < 1.29 is 0 Å². The van der Waals surface area contributed by atoms with Crippen LogP contribution in [0, 0.1) is 0 Å². The quantitative estimate of drug-likeness (QED) is 0.863. The van der Waals surface area contributed by atoms with Crippen LogP contribution in [-0.4, -0.2) is 22.4 Å². The molecule has 0 spiro atoms. The lowest BCUT2D eigenvalue weighted by molar-refractivity contribution is 0.459. The van der Waals surface area contributed by atoms with E-state index in [1.54, 1.807) is 11.3 Å². The molecule has 0 aromatic carbocycles. The number of nitrogens with one attached hydrogen (secondary N) is 1. The predicted octanol–water partition coefficient (Wildman–Crippen LogP) is 4.46. The summed E-state index contributed by atoms with van der Waals surface area (Å²) in [6.45, 7) is 2.15. The van der Waals surface area contributed by atoms with Crippen molar-refractivity contribution in [3.8, 4) is 10.6 Å². The predicted molar refractivity (Wildman–Crippen MR) is 85.3 cm³/mol. The highest BCUT2D eigenvalue weighted by atomic mass is 35.5. The minimum Gasteiger partial charge on any atom is -0.317 e. The summed E-state index contributed by atoms with van der Waals surface area (Å²) in [5.74, 6) is 0.576. The van der Waals surface area contributed by atoms with E-state index in [1.807, 2.05) is 5.38 Å². The molecule has 0 saturated carbocycles. The first-order valence-corrected chi connectivity index (χ1v) is 8.14. The summed E-state index contributed by atoms with van der Waals surface area (Å²) in [7, 11) is 0. The molecule has 0 amide bonds. The van der Waals surface area contributed by atoms with E-state index in [0.29, 0.717) is 16.1 Å². The lowest BCUT2D eigenvalue weighted by atomic mass is 9.99. The van der Waals surface area contributed by atoms with Crippen molar-refractivity contribution in [2.24, 2.45) is 0 Å². The van der Waals surface area contributed by atoms with Crippen LogP contribution in [0.5, 0.6) is 0 Å². The molecule has 1 aliphatic heterocycles. The Morgan fingerprint density at radius 2 is 2.00 bits per heavy atom. The zero-order valence-corrected chi connectivity index (χ0v) is 13.8. The maximum absolute atomic E-state index is 6.11. The summed E-state index contributed by atoms with van der Waals surface area (Å²) < 4.78 is 4.04. The van der Waals surface area contributed by atoms with Gasteiger partial charge in [0.15, 0.2) is 5.15 Å². The Labute approximate surface area is 135 Å². The first-order chi connectivity index (χ1) is 8.75. The summed E-state index contributed by atoms with van der Waals surface area (Å²) in [6.07, 6.45) is 2.31. The van der Waals surface area contributed by atoms with Crippen LogP contribution < -0.4 is 5.32 Å².